The minimum atomic E-state index is -0.341. The summed E-state index contributed by atoms with van der Waals surface area (Å²) >= 11 is 0. The summed E-state index contributed by atoms with van der Waals surface area (Å²) in [7, 11) is 2.97. The number of amidine groups is 2. The highest BCUT2D eigenvalue weighted by atomic mass is 16.5. The summed E-state index contributed by atoms with van der Waals surface area (Å²) in [4.78, 5) is 48.7. The second kappa shape index (κ2) is 17.2. The third-order valence-corrected chi connectivity index (χ3v) is 7.55. The molecule has 50 heavy (non-hydrogen) atoms. The number of nitrogens with two attached hydrogens (primary N) is 2. The van der Waals surface area contributed by atoms with E-state index >= 15 is 0 Å². The van der Waals surface area contributed by atoms with Gasteiger partial charge < -0.3 is 41.0 Å². The molecule has 2 aliphatic rings. The van der Waals surface area contributed by atoms with E-state index in [1.165, 1.54) is 39.0 Å². The molecular formula is C34H38N10O6. The van der Waals surface area contributed by atoms with Gasteiger partial charge in [-0.15, -0.1) is 0 Å². The fraction of sp³-hybridized carbons (Fsp3) is 0.294. The highest BCUT2D eigenvalue weighted by molar-refractivity contribution is 6.03. The smallest absolute Gasteiger partial charge is 0.282 e. The number of benzene rings is 2. The van der Waals surface area contributed by atoms with Gasteiger partial charge in [0.05, 0.1) is 51.1 Å². The van der Waals surface area contributed by atoms with E-state index in [0.29, 0.717) is 36.3 Å². The first-order chi connectivity index (χ1) is 24.3. The number of carbonyl (C=O) groups is 2. The average Bonchev–Trinajstić information content (AvgIpc) is 3.78. The Morgan fingerprint density at radius 3 is 1.66 bits per heavy atom. The highest BCUT2D eigenvalue weighted by Gasteiger charge is 2.17. The number of rotatable bonds is 12. The van der Waals surface area contributed by atoms with Gasteiger partial charge in [0.15, 0.2) is 5.69 Å². The number of hydrogen-bond donors (Lipinski definition) is 4. The second-order valence-corrected chi connectivity index (χ2v) is 11.1. The Morgan fingerprint density at radius 2 is 1.22 bits per heavy atom. The Balaban J connectivity index is 0.000000194. The normalized spacial score (nSPS) is 16.0. The van der Waals surface area contributed by atoms with E-state index in [1.54, 1.807) is 0 Å². The predicted octanol–water partition coefficient (Wildman–Crippen LogP) is 2.77. The molecule has 2 amide bonds. The van der Waals surface area contributed by atoms with Gasteiger partial charge >= 0.3 is 0 Å². The summed E-state index contributed by atoms with van der Waals surface area (Å²) in [6.45, 7) is 1.09. The number of aryl methyl sites for hydroxylation is 2. The van der Waals surface area contributed by atoms with Crippen LogP contribution in [0.1, 0.15) is 44.9 Å². The Labute approximate surface area is 288 Å². The van der Waals surface area contributed by atoms with Crippen molar-refractivity contribution >= 4 is 35.2 Å². The number of amides is 2. The number of ether oxygens (including phenoxy) is 4. The van der Waals surface area contributed by atoms with Crippen LogP contribution in [0, 0.1) is 0 Å². The van der Waals surface area contributed by atoms with Gasteiger partial charge in [0.2, 0.25) is 11.8 Å². The zero-order chi connectivity index (χ0) is 35.3. The standard InChI is InChI=1S/2C17H19N5O3/c1-24-15-9-19-14(8-20-15)16(23)21-12-5-2-11(3-6-12)4-7-13-10-25-17(18)22-13;1-24-15-9-19-8-14(22-15)16(23)20-12-5-2-11(3-6-12)4-7-13-10-25-17(18)21-13/h2-3,5-6,8-9,13H,4,7,10H2,1H3,(H2,18,22)(H,21,23);2-3,5-6,8-9,13H,4,7,10H2,1H3,(H2,18,21)(H,20,23)/t2*13-/m00/s1. The predicted molar refractivity (Wildman–Crippen MR) is 185 cm³/mol. The van der Waals surface area contributed by atoms with Crippen LogP contribution >= 0.6 is 0 Å². The fourth-order valence-corrected chi connectivity index (χ4v) is 4.83. The highest BCUT2D eigenvalue weighted by Crippen LogP contribution is 2.17. The van der Waals surface area contributed by atoms with Crippen LogP contribution in [0.15, 0.2) is 83.3 Å². The van der Waals surface area contributed by atoms with Crippen molar-refractivity contribution in [3.63, 3.8) is 0 Å². The lowest BCUT2D eigenvalue weighted by molar-refractivity contribution is 0.101. The third kappa shape index (κ3) is 10.3. The maximum atomic E-state index is 12.2. The molecule has 2 aromatic heterocycles. The van der Waals surface area contributed by atoms with E-state index in [9.17, 15) is 9.59 Å². The van der Waals surface area contributed by atoms with E-state index in [4.69, 9.17) is 30.4 Å². The molecule has 6 N–H and O–H groups in total. The van der Waals surface area contributed by atoms with Crippen molar-refractivity contribution in [3.05, 3.63) is 95.8 Å². The van der Waals surface area contributed by atoms with Crippen molar-refractivity contribution < 1.29 is 28.5 Å². The van der Waals surface area contributed by atoms with Crippen molar-refractivity contribution in [2.75, 3.05) is 38.1 Å². The number of aliphatic imine (C=N–C) groups is 2. The SMILES string of the molecule is COc1cnc(C(=O)Nc2ccc(CC[C@H]3COC(N)=N3)cc2)cn1.COc1cncc(C(=O)Nc2ccc(CC[C@H]3COC(N)=N3)cc2)n1. The average molecular weight is 683 g/mol. The van der Waals surface area contributed by atoms with Gasteiger partial charge in [-0.2, -0.15) is 0 Å². The molecule has 2 atom stereocenters. The molecule has 0 unspecified atom stereocenters. The molecule has 0 bridgehead atoms. The molecular weight excluding hydrogens is 644 g/mol. The molecule has 4 heterocycles. The molecule has 0 aliphatic carbocycles. The summed E-state index contributed by atoms with van der Waals surface area (Å²) in [5.74, 6) is -0.00951. The maximum absolute atomic E-state index is 12.2. The summed E-state index contributed by atoms with van der Waals surface area (Å²) in [6.07, 6.45) is 9.07. The van der Waals surface area contributed by atoms with Crippen molar-refractivity contribution in [1.82, 2.24) is 19.9 Å². The largest absolute Gasteiger partial charge is 0.480 e. The number of carbonyl (C=O) groups excluding carboxylic acids is 2. The number of nitrogens with zero attached hydrogens (tertiary/aromatic N) is 6. The maximum Gasteiger partial charge on any atom is 0.282 e. The zero-order valence-corrected chi connectivity index (χ0v) is 27.6. The molecule has 0 saturated carbocycles. The molecule has 2 aromatic carbocycles. The fourth-order valence-electron chi connectivity index (χ4n) is 4.83. The van der Waals surface area contributed by atoms with Crippen LogP contribution in [-0.4, -0.2) is 83.3 Å². The van der Waals surface area contributed by atoms with Crippen LogP contribution < -0.4 is 31.6 Å². The molecule has 0 fully saturated rings. The van der Waals surface area contributed by atoms with Crippen LogP contribution in [-0.2, 0) is 22.3 Å². The van der Waals surface area contributed by atoms with Crippen LogP contribution in [0.5, 0.6) is 11.8 Å². The lowest BCUT2D eigenvalue weighted by atomic mass is 10.1. The van der Waals surface area contributed by atoms with Gasteiger partial charge in [-0.3, -0.25) is 14.6 Å². The lowest BCUT2D eigenvalue weighted by Gasteiger charge is -2.08. The molecule has 0 radical (unpaired) electrons. The number of methoxy groups -OCH3 is 2. The van der Waals surface area contributed by atoms with E-state index < -0.39 is 0 Å². The summed E-state index contributed by atoms with van der Waals surface area (Å²) in [6, 6.07) is 16.1. The molecule has 16 heteroatoms. The summed E-state index contributed by atoms with van der Waals surface area (Å²) < 4.78 is 20.2. The first-order valence-corrected chi connectivity index (χ1v) is 15.7. The van der Waals surface area contributed by atoms with Crippen LogP contribution in [0.4, 0.5) is 11.4 Å². The number of aromatic nitrogens is 4. The molecule has 260 valence electrons. The van der Waals surface area contributed by atoms with Crippen molar-refractivity contribution in [3.8, 4) is 11.8 Å². The van der Waals surface area contributed by atoms with Gasteiger partial charge in [0, 0.05) is 11.4 Å². The Bertz CT molecular complexity index is 1800. The molecule has 16 nitrogen and oxygen atoms in total. The first-order valence-electron chi connectivity index (χ1n) is 15.7. The number of anilines is 2. The van der Waals surface area contributed by atoms with Gasteiger partial charge in [-0.1, -0.05) is 24.3 Å². The van der Waals surface area contributed by atoms with Crippen LogP contribution in [0.25, 0.3) is 0 Å². The minimum Gasteiger partial charge on any atom is -0.480 e. The van der Waals surface area contributed by atoms with Crippen molar-refractivity contribution in [2.45, 2.75) is 37.8 Å². The number of hydrogen-bond acceptors (Lipinski definition) is 14. The van der Waals surface area contributed by atoms with Gasteiger partial charge in [0.25, 0.3) is 23.9 Å². The van der Waals surface area contributed by atoms with E-state index in [-0.39, 0.29) is 47.3 Å². The molecule has 0 saturated heterocycles. The second-order valence-electron chi connectivity index (χ2n) is 11.1. The van der Waals surface area contributed by atoms with E-state index in [0.717, 1.165) is 36.8 Å². The van der Waals surface area contributed by atoms with E-state index in [1.807, 2.05) is 48.5 Å². The molecule has 4 aromatic rings. The monoisotopic (exact) mass is 682 g/mol. The van der Waals surface area contributed by atoms with Crippen LogP contribution in [0.3, 0.4) is 0 Å². The van der Waals surface area contributed by atoms with E-state index in [2.05, 4.69) is 40.6 Å². The zero-order valence-electron chi connectivity index (χ0n) is 27.6. The van der Waals surface area contributed by atoms with Gasteiger partial charge in [-0.05, 0) is 61.1 Å². The van der Waals surface area contributed by atoms with Crippen LogP contribution in [0.2, 0.25) is 0 Å². The molecule has 6 rings (SSSR count). The topological polar surface area (TPSA) is 223 Å². The van der Waals surface area contributed by atoms with Gasteiger partial charge in [-0.25, -0.2) is 24.9 Å². The quantitative estimate of drug-likeness (QED) is 0.169. The Kier molecular flexibility index (Phi) is 12.0. The van der Waals surface area contributed by atoms with Crippen molar-refractivity contribution in [1.29, 1.82) is 0 Å². The molecule has 2 aliphatic heterocycles. The lowest BCUT2D eigenvalue weighted by Crippen LogP contribution is -2.14. The third-order valence-electron chi connectivity index (χ3n) is 7.55. The van der Waals surface area contributed by atoms with Crippen molar-refractivity contribution in [2.24, 2.45) is 21.5 Å². The van der Waals surface area contributed by atoms with Gasteiger partial charge in [0.1, 0.15) is 18.9 Å². The Morgan fingerprint density at radius 1 is 0.700 bits per heavy atom. The summed E-state index contributed by atoms with van der Waals surface area (Å²) in [5.41, 5.74) is 15.1. The Hall–Kier alpha value is -6.32. The summed E-state index contributed by atoms with van der Waals surface area (Å²) in [5, 5.41) is 5.57. The number of nitrogens with one attached hydrogen (secondary N) is 2. The minimum absolute atomic E-state index is 0.117. The molecule has 0 spiro atoms. The first kappa shape index (κ1) is 35.0.